The van der Waals surface area contributed by atoms with E-state index in [9.17, 15) is 5.11 Å². The summed E-state index contributed by atoms with van der Waals surface area (Å²) >= 11 is 5.99. The molecular weight excluding hydrogens is 198 g/mol. The minimum atomic E-state index is -0.574. The quantitative estimate of drug-likeness (QED) is 0.705. The first kappa shape index (κ1) is 11.3. The molecule has 1 unspecified atom stereocenters. The predicted octanol–water partition coefficient (Wildman–Crippen LogP) is 3.00. The van der Waals surface area contributed by atoms with Gasteiger partial charge in [0.05, 0.1) is 6.10 Å². The normalized spacial score (nSPS) is 14.1. The monoisotopic (exact) mass is 213 g/mol. The van der Waals surface area contributed by atoms with Gasteiger partial charge in [-0.1, -0.05) is 38.4 Å². The number of hydrogen-bond acceptors (Lipinski definition) is 2. The topological polar surface area (TPSA) is 46.2 Å². The summed E-state index contributed by atoms with van der Waals surface area (Å²) in [5.74, 6) is 0. The molecule has 0 bridgehead atoms. The second-order valence-corrected chi connectivity index (χ2v) is 4.96. The van der Waals surface area contributed by atoms with Crippen LogP contribution in [0.25, 0.3) is 0 Å². The van der Waals surface area contributed by atoms with Crippen molar-refractivity contribution in [3.8, 4) is 0 Å². The van der Waals surface area contributed by atoms with Crippen LogP contribution in [0.15, 0.2) is 18.2 Å². The maximum absolute atomic E-state index is 10.0. The average Bonchev–Trinajstić information content (AvgIpc) is 2.01. The van der Waals surface area contributed by atoms with E-state index in [1.165, 1.54) is 0 Å². The third-order valence-electron chi connectivity index (χ3n) is 2.14. The largest absolute Gasteiger partial charge is 0.399 e. The van der Waals surface area contributed by atoms with Gasteiger partial charge in [0.1, 0.15) is 0 Å². The zero-order valence-corrected chi connectivity index (χ0v) is 9.47. The van der Waals surface area contributed by atoms with E-state index in [4.69, 9.17) is 17.3 Å². The van der Waals surface area contributed by atoms with E-state index in [0.717, 1.165) is 5.56 Å². The highest BCUT2D eigenvalue weighted by Gasteiger charge is 2.25. The molecule has 1 atom stereocenters. The fourth-order valence-corrected chi connectivity index (χ4v) is 1.52. The van der Waals surface area contributed by atoms with Crippen LogP contribution in [0, 0.1) is 5.41 Å². The number of nitrogens with two attached hydrogens (primary N) is 1. The highest BCUT2D eigenvalue weighted by molar-refractivity contribution is 6.31. The van der Waals surface area contributed by atoms with Gasteiger partial charge in [0.25, 0.3) is 0 Å². The molecule has 0 aliphatic rings. The SMILES string of the molecule is CC(C)(C)C(O)c1ccc(N)cc1Cl. The Morgan fingerprint density at radius 3 is 2.36 bits per heavy atom. The lowest BCUT2D eigenvalue weighted by molar-refractivity contribution is 0.0628. The van der Waals surface area contributed by atoms with Crippen LogP contribution in [0.4, 0.5) is 5.69 Å². The van der Waals surface area contributed by atoms with Crippen molar-refractivity contribution in [3.05, 3.63) is 28.8 Å². The van der Waals surface area contributed by atoms with E-state index >= 15 is 0 Å². The van der Waals surface area contributed by atoms with Gasteiger partial charge in [-0.25, -0.2) is 0 Å². The van der Waals surface area contributed by atoms with Crippen LogP contribution in [0.3, 0.4) is 0 Å². The molecule has 0 spiro atoms. The van der Waals surface area contributed by atoms with Crippen LogP contribution in [0.2, 0.25) is 5.02 Å². The van der Waals surface area contributed by atoms with Crippen molar-refractivity contribution in [2.45, 2.75) is 26.9 Å². The van der Waals surface area contributed by atoms with Crippen molar-refractivity contribution in [2.24, 2.45) is 5.41 Å². The third kappa shape index (κ3) is 2.40. The van der Waals surface area contributed by atoms with E-state index in [-0.39, 0.29) is 5.41 Å². The Morgan fingerprint density at radius 2 is 1.93 bits per heavy atom. The summed E-state index contributed by atoms with van der Waals surface area (Å²) in [6.07, 6.45) is -0.574. The van der Waals surface area contributed by atoms with Crippen LogP contribution in [-0.2, 0) is 0 Å². The number of halogens is 1. The summed E-state index contributed by atoms with van der Waals surface area (Å²) in [5.41, 5.74) is 6.69. The Labute approximate surface area is 89.7 Å². The summed E-state index contributed by atoms with van der Waals surface area (Å²) in [4.78, 5) is 0. The standard InChI is InChI=1S/C11H16ClNO/c1-11(2,3)10(14)8-5-4-7(13)6-9(8)12/h4-6,10,14H,13H2,1-3H3. The number of aliphatic hydroxyl groups excluding tert-OH is 1. The van der Waals surface area contributed by atoms with E-state index in [2.05, 4.69) is 0 Å². The van der Waals surface area contributed by atoms with Crippen LogP contribution in [-0.4, -0.2) is 5.11 Å². The Bertz CT molecular complexity index is 331. The molecule has 3 heteroatoms. The molecule has 1 aromatic carbocycles. The van der Waals surface area contributed by atoms with Gasteiger partial charge in [-0.2, -0.15) is 0 Å². The van der Waals surface area contributed by atoms with Crippen molar-refractivity contribution in [2.75, 3.05) is 5.73 Å². The van der Waals surface area contributed by atoms with Crippen molar-refractivity contribution >= 4 is 17.3 Å². The van der Waals surface area contributed by atoms with Crippen LogP contribution in [0.5, 0.6) is 0 Å². The summed E-state index contributed by atoms with van der Waals surface area (Å²) in [5, 5.41) is 10.5. The van der Waals surface area contributed by atoms with Crippen LogP contribution < -0.4 is 5.73 Å². The fourth-order valence-electron chi connectivity index (χ4n) is 1.23. The van der Waals surface area contributed by atoms with Gasteiger partial charge in [0.2, 0.25) is 0 Å². The minimum Gasteiger partial charge on any atom is -0.399 e. The zero-order chi connectivity index (χ0) is 10.9. The first-order valence-electron chi connectivity index (χ1n) is 4.55. The summed E-state index contributed by atoms with van der Waals surface area (Å²) < 4.78 is 0. The first-order valence-corrected chi connectivity index (χ1v) is 4.93. The molecule has 0 aliphatic heterocycles. The third-order valence-corrected chi connectivity index (χ3v) is 2.47. The average molecular weight is 214 g/mol. The van der Waals surface area contributed by atoms with Crippen molar-refractivity contribution in [1.29, 1.82) is 0 Å². The smallest absolute Gasteiger partial charge is 0.0852 e. The maximum atomic E-state index is 10.0. The molecule has 0 aromatic heterocycles. The Kier molecular flexibility index (Phi) is 3.07. The Balaban J connectivity index is 3.08. The zero-order valence-electron chi connectivity index (χ0n) is 8.71. The van der Waals surface area contributed by atoms with E-state index in [1.54, 1.807) is 18.2 Å². The number of hydrogen-bond donors (Lipinski definition) is 2. The molecule has 3 N–H and O–H groups in total. The molecule has 1 rings (SSSR count). The predicted molar refractivity (Wildman–Crippen MR) is 60.3 cm³/mol. The molecule has 0 fully saturated rings. The molecule has 0 heterocycles. The van der Waals surface area contributed by atoms with E-state index in [1.807, 2.05) is 20.8 Å². The van der Waals surface area contributed by atoms with Crippen LogP contribution in [0.1, 0.15) is 32.4 Å². The second kappa shape index (κ2) is 3.79. The van der Waals surface area contributed by atoms with E-state index in [0.29, 0.717) is 10.7 Å². The summed E-state index contributed by atoms with van der Waals surface area (Å²) in [6.45, 7) is 5.89. The minimum absolute atomic E-state index is 0.222. The number of anilines is 1. The van der Waals surface area contributed by atoms with Gasteiger partial charge in [-0.05, 0) is 23.1 Å². The lowest BCUT2D eigenvalue weighted by atomic mass is 9.85. The van der Waals surface area contributed by atoms with Crippen molar-refractivity contribution < 1.29 is 5.11 Å². The van der Waals surface area contributed by atoms with Gasteiger partial charge in [-0.3, -0.25) is 0 Å². The molecule has 0 saturated carbocycles. The van der Waals surface area contributed by atoms with Gasteiger partial charge in [-0.15, -0.1) is 0 Å². The Morgan fingerprint density at radius 1 is 1.36 bits per heavy atom. The summed E-state index contributed by atoms with van der Waals surface area (Å²) in [6, 6.07) is 5.18. The van der Waals surface area contributed by atoms with Crippen molar-refractivity contribution in [3.63, 3.8) is 0 Å². The molecule has 0 radical (unpaired) electrons. The molecule has 1 aromatic rings. The molecule has 0 amide bonds. The number of benzene rings is 1. The van der Waals surface area contributed by atoms with E-state index < -0.39 is 6.10 Å². The van der Waals surface area contributed by atoms with Gasteiger partial charge >= 0.3 is 0 Å². The second-order valence-electron chi connectivity index (χ2n) is 4.55. The fraction of sp³-hybridized carbons (Fsp3) is 0.455. The molecule has 78 valence electrons. The molecule has 14 heavy (non-hydrogen) atoms. The highest BCUT2D eigenvalue weighted by atomic mass is 35.5. The number of nitrogen functional groups attached to an aromatic ring is 1. The first-order chi connectivity index (χ1) is 6.32. The summed E-state index contributed by atoms with van der Waals surface area (Å²) in [7, 11) is 0. The number of aliphatic hydroxyl groups is 1. The Hall–Kier alpha value is -0.730. The molecule has 2 nitrogen and oxygen atoms in total. The van der Waals surface area contributed by atoms with Crippen molar-refractivity contribution in [1.82, 2.24) is 0 Å². The van der Waals surface area contributed by atoms with Gasteiger partial charge in [0.15, 0.2) is 0 Å². The molecular formula is C11H16ClNO. The van der Waals surface area contributed by atoms with Gasteiger partial charge in [0, 0.05) is 10.7 Å². The van der Waals surface area contributed by atoms with Crippen LogP contribution >= 0.6 is 11.6 Å². The van der Waals surface area contributed by atoms with Gasteiger partial charge < -0.3 is 10.8 Å². The molecule has 0 saturated heterocycles. The number of rotatable bonds is 1. The molecule has 0 aliphatic carbocycles. The lowest BCUT2D eigenvalue weighted by Gasteiger charge is -2.26. The maximum Gasteiger partial charge on any atom is 0.0852 e. The lowest BCUT2D eigenvalue weighted by Crippen LogP contribution is -2.18. The highest BCUT2D eigenvalue weighted by Crippen LogP contribution is 2.36.